The fourth-order valence-corrected chi connectivity index (χ4v) is 3.98. The molecule has 7 heteroatoms. The molecule has 116 valence electrons. The van der Waals surface area contributed by atoms with Gasteiger partial charge in [0.05, 0.1) is 12.5 Å². The number of aryl methyl sites for hydroxylation is 1. The van der Waals surface area contributed by atoms with Crippen molar-refractivity contribution in [3.8, 4) is 0 Å². The number of rotatable bonds is 7. The van der Waals surface area contributed by atoms with Crippen molar-refractivity contribution in [3.05, 3.63) is 5.82 Å². The highest BCUT2D eigenvalue weighted by Gasteiger charge is 2.50. The van der Waals surface area contributed by atoms with Crippen LogP contribution in [-0.4, -0.2) is 37.3 Å². The van der Waals surface area contributed by atoms with Gasteiger partial charge in [-0.1, -0.05) is 13.3 Å². The molecule has 2 saturated carbocycles. The van der Waals surface area contributed by atoms with Gasteiger partial charge in [-0.15, -0.1) is 5.10 Å². The number of nitrogens with one attached hydrogen (secondary N) is 1. The number of nitrogens with zero attached hydrogens (tertiary/aromatic N) is 4. The second-order valence-corrected chi connectivity index (χ2v) is 6.28. The maximum atomic E-state index is 11.5. The molecule has 7 nitrogen and oxygen atoms in total. The maximum absolute atomic E-state index is 11.5. The van der Waals surface area contributed by atoms with E-state index in [0.29, 0.717) is 18.4 Å². The van der Waals surface area contributed by atoms with Gasteiger partial charge in [-0.2, -0.15) is 0 Å². The Morgan fingerprint density at radius 3 is 3.00 bits per heavy atom. The normalized spacial score (nSPS) is 30.9. The Bertz CT molecular complexity index is 503. The molecule has 0 aromatic carbocycles. The SMILES string of the molecule is CCCCn1nnnc1CNC1C2CCC(C2)C1C(=O)O. The van der Waals surface area contributed by atoms with Crippen molar-refractivity contribution in [2.24, 2.45) is 17.8 Å². The molecule has 2 fully saturated rings. The molecule has 1 aromatic heterocycles. The van der Waals surface area contributed by atoms with Crippen LogP contribution in [0.25, 0.3) is 0 Å². The largest absolute Gasteiger partial charge is 0.481 e. The lowest BCUT2D eigenvalue weighted by Crippen LogP contribution is -2.44. The zero-order valence-corrected chi connectivity index (χ0v) is 12.4. The summed E-state index contributed by atoms with van der Waals surface area (Å²) in [5.41, 5.74) is 0. The molecule has 0 spiro atoms. The van der Waals surface area contributed by atoms with Crippen LogP contribution in [0.2, 0.25) is 0 Å². The average Bonchev–Trinajstić information content (AvgIpc) is 3.17. The molecule has 1 aromatic rings. The number of aromatic nitrogens is 4. The third-order valence-electron chi connectivity index (χ3n) is 5.03. The van der Waals surface area contributed by atoms with Crippen LogP contribution >= 0.6 is 0 Å². The summed E-state index contributed by atoms with van der Waals surface area (Å²) in [6, 6.07) is 0.0672. The van der Waals surface area contributed by atoms with Crippen molar-refractivity contribution in [1.82, 2.24) is 25.5 Å². The van der Waals surface area contributed by atoms with Gasteiger partial charge >= 0.3 is 5.97 Å². The Labute approximate surface area is 124 Å². The van der Waals surface area contributed by atoms with E-state index in [1.807, 2.05) is 4.68 Å². The molecular formula is C14H23N5O2. The van der Waals surface area contributed by atoms with E-state index in [9.17, 15) is 9.90 Å². The van der Waals surface area contributed by atoms with E-state index in [4.69, 9.17) is 0 Å². The van der Waals surface area contributed by atoms with Crippen LogP contribution < -0.4 is 5.32 Å². The maximum Gasteiger partial charge on any atom is 0.308 e. The number of carboxylic acid groups (broad SMARTS) is 1. The van der Waals surface area contributed by atoms with Gasteiger partial charge in [-0.05, 0) is 47.9 Å². The van der Waals surface area contributed by atoms with E-state index in [1.54, 1.807) is 0 Å². The average molecular weight is 293 g/mol. The minimum Gasteiger partial charge on any atom is -0.481 e. The molecule has 0 amide bonds. The Balaban J connectivity index is 1.62. The first-order valence-corrected chi connectivity index (χ1v) is 7.92. The Morgan fingerprint density at radius 2 is 2.24 bits per heavy atom. The van der Waals surface area contributed by atoms with Gasteiger partial charge in [-0.3, -0.25) is 4.79 Å². The summed E-state index contributed by atoms with van der Waals surface area (Å²) in [6.45, 7) is 3.50. The number of carbonyl (C=O) groups is 1. The molecule has 0 saturated heterocycles. The van der Waals surface area contributed by atoms with Gasteiger partial charge in [0, 0.05) is 12.6 Å². The van der Waals surface area contributed by atoms with Crippen LogP contribution in [0.3, 0.4) is 0 Å². The monoisotopic (exact) mass is 293 g/mol. The number of hydrogen-bond acceptors (Lipinski definition) is 5. The summed E-state index contributed by atoms with van der Waals surface area (Å²) < 4.78 is 1.82. The highest BCUT2D eigenvalue weighted by molar-refractivity contribution is 5.72. The smallest absolute Gasteiger partial charge is 0.308 e. The van der Waals surface area contributed by atoms with E-state index in [2.05, 4.69) is 27.8 Å². The van der Waals surface area contributed by atoms with Gasteiger partial charge in [0.15, 0.2) is 5.82 Å². The van der Waals surface area contributed by atoms with E-state index < -0.39 is 5.97 Å². The summed E-state index contributed by atoms with van der Waals surface area (Å²) in [6.07, 6.45) is 5.40. The molecule has 3 rings (SSSR count). The predicted molar refractivity (Wildman–Crippen MR) is 75.3 cm³/mol. The third-order valence-corrected chi connectivity index (χ3v) is 5.03. The van der Waals surface area contributed by atoms with Crippen molar-refractivity contribution in [2.75, 3.05) is 0 Å². The van der Waals surface area contributed by atoms with Crippen molar-refractivity contribution in [2.45, 2.75) is 58.2 Å². The van der Waals surface area contributed by atoms with Gasteiger partial charge in [0.25, 0.3) is 0 Å². The highest BCUT2D eigenvalue weighted by Crippen LogP contribution is 2.48. The number of tetrazole rings is 1. The number of carboxylic acids is 1. The number of unbranched alkanes of at least 4 members (excludes halogenated alkanes) is 1. The number of hydrogen-bond donors (Lipinski definition) is 2. The molecule has 2 bridgehead atoms. The van der Waals surface area contributed by atoms with Crippen molar-refractivity contribution < 1.29 is 9.90 Å². The molecule has 1 heterocycles. The van der Waals surface area contributed by atoms with E-state index >= 15 is 0 Å². The van der Waals surface area contributed by atoms with Gasteiger partial charge in [0.2, 0.25) is 0 Å². The minimum atomic E-state index is -0.662. The van der Waals surface area contributed by atoms with Crippen LogP contribution in [0, 0.1) is 17.8 Å². The molecule has 4 unspecified atom stereocenters. The van der Waals surface area contributed by atoms with Crippen LogP contribution in [0.15, 0.2) is 0 Å². The molecule has 0 radical (unpaired) electrons. The summed E-state index contributed by atoms with van der Waals surface area (Å²) in [5.74, 6) is 0.738. The molecule has 4 atom stereocenters. The summed E-state index contributed by atoms with van der Waals surface area (Å²) >= 11 is 0. The Hall–Kier alpha value is -1.50. The zero-order chi connectivity index (χ0) is 14.8. The van der Waals surface area contributed by atoms with Gasteiger partial charge < -0.3 is 10.4 Å². The van der Waals surface area contributed by atoms with Crippen LogP contribution in [0.1, 0.15) is 44.9 Å². The minimum absolute atomic E-state index is 0.0672. The molecule has 0 aliphatic heterocycles. The van der Waals surface area contributed by atoms with Gasteiger partial charge in [0.1, 0.15) is 0 Å². The van der Waals surface area contributed by atoms with E-state index in [0.717, 1.165) is 44.5 Å². The highest BCUT2D eigenvalue weighted by atomic mass is 16.4. The van der Waals surface area contributed by atoms with Crippen LogP contribution in [-0.2, 0) is 17.9 Å². The summed E-state index contributed by atoms with van der Waals surface area (Å²) in [4.78, 5) is 11.5. The summed E-state index contributed by atoms with van der Waals surface area (Å²) in [7, 11) is 0. The van der Waals surface area contributed by atoms with Crippen molar-refractivity contribution in [3.63, 3.8) is 0 Å². The van der Waals surface area contributed by atoms with Crippen LogP contribution in [0.4, 0.5) is 0 Å². The van der Waals surface area contributed by atoms with Crippen LogP contribution in [0.5, 0.6) is 0 Å². The molecule has 2 aliphatic rings. The lowest BCUT2D eigenvalue weighted by Gasteiger charge is -2.28. The number of fused-ring (bicyclic) bond motifs is 2. The second-order valence-electron chi connectivity index (χ2n) is 6.28. The lowest BCUT2D eigenvalue weighted by atomic mass is 9.84. The third kappa shape index (κ3) is 2.79. The summed E-state index contributed by atoms with van der Waals surface area (Å²) in [5, 5.41) is 24.7. The lowest BCUT2D eigenvalue weighted by molar-refractivity contribution is -0.144. The zero-order valence-electron chi connectivity index (χ0n) is 12.4. The number of aliphatic carboxylic acids is 1. The second kappa shape index (κ2) is 6.09. The molecular weight excluding hydrogens is 270 g/mol. The topological polar surface area (TPSA) is 92.9 Å². The van der Waals surface area contributed by atoms with E-state index in [1.165, 1.54) is 0 Å². The standard InChI is InChI=1S/C14H23N5O2/c1-2-3-6-19-11(16-17-18-19)8-15-13-10-5-4-9(7-10)12(13)14(20)21/h9-10,12-13,15H,2-8H2,1H3,(H,20,21). The predicted octanol–water partition coefficient (Wildman–Crippen LogP) is 1.06. The first-order valence-electron chi connectivity index (χ1n) is 7.92. The van der Waals surface area contributed by atoms with E-state index in [-0.39, 0.29) is 12.0 Å². The van der Waals surface area contributed by atoms with Crippen molar-refractivity contribution in [1.29, 1.82) is 0 Å². The molecule has 21 heavy (non-hydrogen) atoms. The van der Waals surface area contributed by atoms with Gasteiger partial charge in [-0.25, -0.2) is 4.68 Å². The van der Waals surface area contributed by atoms with Crippen molar-refractivity contribution >= 4 is 5.97 Å². The Morgan fingerprint density at radius 1 is 1.43 bits per heavy atom. The molecule has 2 N–H and O–H groups in total. The fraction of sp³-hybridized carbons (Fsp3) is 0.857. The molecule has 2 aliphatic carbocycles. The first kappa shape index (κ1) is 14.4. The fourth-order valence-electron chi connectivity index (χ4n) is 3.98. The quantitative estimate of drug-likeness (QED) is 0.781. The Kier molecular flexibility index (Phi) is 4.19. The first-order chi connectivity index (χ1) is 10.2.